The molecule has 3 heterocycles. The number of fused-ring (bicyclic) bond motifs is 1. The first kappa shape index (κ1) is 22.9. The molecule has 0 spiro atoms. The fraction of sp³-hybridized carbons (Fsp3) is 0.450. The van der Waals surface area contributed by atoms with Gasteiger partial charge in [-0.2, -0.15) is 0 Å². The average molecular weight is 444 g/mol. The summed E-state index contributed by atoms with van der Waals surface area (Å²) in [7, 11) is -0.804. The number of nitrogens with zero attached hydrogens (tertiary/aromatic N) is 3. The molecule has 28 heavy (non-hydrogen) atoms. The van der Waals surface area contributed by atoms with Crippen molar-refractivity contribution < 1.29 is 8.42 Å². The smallest absolute Gasteiger partial charge is 0.151 e. The molecule has 0 saturated carbocycles. The van der Waals surface area contributed by atoms with Gasteiger partial charge >= 0.3 is 0 Å². The maximum atomic E-state index is 11.4. The fourth-order valence-corrected chi connectivity index (χ4v) is 5.36. The van der Waals surface area contributed by atoms with E-state index in [4.69, 9.17) is 0 Å². The van der Waals surface area contributed by atoms with Crippen LogP contribution in [0.4, 0.5) is 5.82 Å². The number of pyridine rings is 1. The van der Waals surface area contributed by atoms with Crippen molar-refractivity contribution in [3.8, 4) is 0 Å². The van der Waals surface area contributed by atoms with Crippen LogP contribution in [0.25, 0.3) is 0 Å². The number of hydrogen-bond acceptors (Lipinski definition) is 5. The van der Waals surface area contributed by atoms with Crippen molar-refractivity contribution in [2.45, 2.75) is 11.8 Å². The lowest BCUT2D eigenvalue weighted by Crippen LogP contribution is -2.29. The molecule has 2 saturated heterocycles. The summed E-state index contributed by atoms with van der Waals surface area (Å²) in [5, 5.41) is 0. The normalized spacial score (nSPS) is 24.4. The summed E-state index contributed by atoms with van der Waals surface area (Å²) in [6, 6.07) is 15.1. The minimum Gasteiger partial charge on any atom is -0.356 e. The molecule has 0 radical (unpaired) electrons. The molecule has 2 aromatic rings. The molecular weight excluding hydrogens is 417 g/mol. The Bertz CT molecular complexity index is 878. The lowest BCUT2D eigenvalue weighted by Gasteiger charge is -2.27. The van der Waals surface area contributed by atoms with Crippen LogP contribution in [0, 0.1) is 11.8 Å². The molecule has 0 N–H and O–H groups in total. The van der Waals surface area contributed by atoms with Gasteiger partial charge < -0.3 is 4.90 Å². The summed E-state index contributed by atoms with van der Waals surface area (Å²) in [5.41, 5.74) is 2.14. The molecule has 1 aromatic carbocycles. The lowest BCUT2D eigenvalue weighted by atomic mass is 9.90. The second-order valence-electron chi connectivity index (χ2n) is 7.72. The second-order valence-corrected chi connectivity index (χ2v) is 9.86. The molecule has 3 atom stereocenters. The highest BCUT2D eigenvalue weighted by molar-refractivity contribution is 7.89. The number of aromatic nitrogens is 1. The van der Waals surface area contributed by atoms with Crippen LogP contribution >= 0.6 is 24.8 Å². The predicted molar refractivity (Wildman–Crippen MR) is 118 cm³/mol. The van der Waals surface area contributed by atoms with E-state index >= 15 is 0 Å². The molecule has 2 fully saturated rings. The highest BCUT2D eigenvalue weighted by Crippen LogP contribution is 2.44. The number of hydrogen-bond donors (Lipinski definition) is 0. The van der Waals surface area contributed by atoms with Crippen molar-refractivity contribution in [3.63, 3.8) is 0 Å². The molecule has 0 unspecified atom stereocenters. The quantitative estimate of drug-likeness (QED) is 0.725. The van der Waals surface area contributed by atoms with Gasteiger partial charge in [0.2, 0.25) is 0 Å². The topological polar surface area (TPSA) is 53.5 Å². The van der Waals surface area contributed by atoms with Crippen LogP contribution < -0.4 is 4.90 Å². The summed E-state index contributed by atoms with van der Waals surface area (Å²) in [6.45, 7) is 3.11. The predicted octanol–water partition coefficient (Wildman–Crippen LogP) is 3.21. The maximum absolute atomic E-state index is 11.4. The van der Waals surface area contributed by atoms with Crippen LogP contribution in [0.3, 0.4) is 0 Å². The van der Waals surface area contributed by atoms with Gasteiger partial charge in [0.1, 0.15) is 5.82 Å². The molecule has 0 bridgehead atoms. The third-order valence-corrected chi connectivity index (χ3v) is 6.46. The van der Waals surface area contributed by atoms with Gasteiger partial charge in [0, 0.05) is 44.0 Å². The van der Waals surface area contributed by atoms with E-state index in [-0.39, 0.29) is 30.6 Å². The Balaban J connectivity index is 0.00000140. The monoisotopic (exact) mass is 443 g/mol. The van der Waals surface area contributed by atoms with Crippen LogP contribution in [0.15, 0.2) is 48.7 Å². The third-order valence-electron chi connectivity index (χ3n) is 5.60. The van der Waals surface area contributed by atoms with E-state index in [0.717, 1.165) is 31.0 Å². The number of benzene rings is 1. The fourth-order valence-electron chi connectivity index (χ4n) is 4.59. The van der Waals surface area contributed by atoms with Gasteiger partial charge in [-0.25, -0.2) is 13.4 Å². The van der Waals surface area contributed by atoms with Crippen LogP contribution in [0.2, 0.25) is 0 Å². The summed E-state index contributed by atoms with van der Waals surface area (Å²) in [6.07, 6.45) is 2.95. The Kier molecular flexibility index (Phi) is 7.37. The van der Waals surface area contributed by atoms with Gasteiger partial charge in [-0.1, -0.05) is 36.4 Å². The molecule has 2 aliphatic heterocycles. The zero-order valence-electron chi connectivity index (χ0n) is 16.1. The van der Waals surface area contributed by atoms with Crippen molar-refractivity contribution in [1.82, 2.24) is 9.88 Å². The second kappa shape index (κ2) is 8.99. The van der Waals surface area contributed by atoms with Crippen molar-refractivity contribution >= 4 is 40.5 Å². The molecule has 0 amide bonds. The highest BCUT2D eigenvalue weighted by atomic mass is 35.5. The van der Waals surface area contributed by atoms with E-state index in [1.807, 2.05) is 12.1 Å². The van der Waals surface area contributed by atoms with Gasteiger partial charge in [-0.3, -0.25) is 4.90 Å². The van der Waals surface area contributed by atoms with Crippen LogP contribution in [-0.2, 0) is 15.6 Å². The molecule has 154 valence electrons. The number of sulfone groups is 1. The van der Waals surface area contributed by atoms with E-state index in [1.54, 1.807) is 6.20 Å². The Hall–Kier alpha value is -1.34. The first-order chi connectivity index (χ1) is 12.4. The molecule has 1 aromatic heterocycles. The largest absolute Gasteiger partial charge is 0.356 e. The van der Waals surface area contributed by atoms with E-state index in [9.17, 15) is 8.42 Å². The Morgan fingerprint density at radius 2 is 1.75 bits per heavy atom. The molecular formula is C20H27Cl2N3O2S. The molecule has 4 rings (SSSR count). The molecule has 2 aliphatic rings. The van der Waals surface area contributed by atoms with Crippen LogP contribution in [-0.4, -0.2) is 51.2 Å². The summed E-state index contributed by atoms with van der Waals surface area (Å²) in [4.78, 5) is 9.36. The minimum atomic E-state index is -3.02. The van der Waals surface area contributed by atoms with Crippen molar-refractivity contribution in [2.24, 2.45) is 11.8 Å². The van der Waals surface area contributed by atoms with Gasteiger partial charge in [0.15, 0.2) is 9.84 Å². The van der Waals surface area contributed by atoms with E-state index in [0.29, 0.717) is 17.9 Å². The summed E-state index contributed by atoms with van der Waals surface area (Å²) in [5.74, 6) is 2.24. The van der Waals surface area contributed by atoms with Gasteiger partial charge in [-0.15, -0.1) is 24.8 Å². The Morgan fingerprint density at radius 1 is 1.04 bits per heavy atom. The molecule has 5 nitrogen and oxygen atoms in total. The van der Waals surface area contributed by atoms with E-state index in [1.165, 1.54) is 11.8 Å². The number of halogens is 2. The van der Waals surface area contributed by atoms with Crippen molar-refractivity contribution in [1.29, 1.82) is 0 Å². The first-order valence-electron chi connectivity index (χ1n) is 9.03. The molecule has 8 heteroatoms. The SMILES string of the molecule is CN1C[C@H]2CN(c3ccc(CS(C)(=O)=O)cn3)C[C@H]2[C@@H]1c1ccccc1.Cl.Cl. The highest BCUT2D eigenvalue weighted by Gasteiger charge is 2.46. The first-order valence-corrected chi connectivity index (χ1v) is 11.1. The number of likely N-dealkylation sites (tertiary alicyclic amines) is 1. The number of anilines is 1. The zero-order chi connectivity index (χ0) is 18.3. The van der Waals surface area contributed by atoms with Crippen molar-refractivity contribution in [3.05, 3.63) is 59.8 Å². The lowest BCUT2D eigenvalue weighted by molar-refractivity contribution is 0.280. The number of rotatable bonds is 4. The maximum Gasteiger partial charge on any atom is 0.151 e. The Morgan fingerprint density at radius 3 is 2.36 bits per heavy atom. The van der Waals surface area contributed by atoms with E-state index in [2.05, 4.69) is 52.2 Å². The van der Waals surface area contributed by atoms with Crippen LogP contribution in [0.1, 0.15) is 17.2 Å². The van der Waals surface area contributed by atoms with Gasteiger partial charge in [-0.05, 0) is 30.2 Å². The zero-order valence-corrected chi connectivity index (χ0v) is 18.5. The summed E-state index contributed by atoms with van der Waals surface area (Å²) < 4.78 is 22.9. The Labute approximate surface area is 179 Å². The minimum absolute atomic E-state index is 0. The van der Waals surface area contributed by atoms with Crippen molar-refractivity contribution in [2.75, 3.05) is 37.8 Å². The van der Waals surface area contributed by atoms with E-state index < -0.39 is 9.84 Å². The van der Waals surface area contributed by atoms with Crippen LogP contribution in [0.5, 0.6) is 0 Å². The average Bonchev–Trinajstić information content (AvgIpc) is 3.11. The van der Waals surface area contributed by atoms with Gasteiger partial charge in [0.25, 0.3) is 0 Å². The molecule has 0 aliphatic carbocycles. The third kappa shape index (κ3) is 4.79. The standard InChI is InChI=1S/C20H25N3O2S.2ClH/c1-22-11-17-12-23(13-18(17)20(22)16-6-4-3-5-7-16)19-9-8-15(10-21-19)14-26(2,24)25;;/h3-10,17-18,20H,11-14H2,1-2H3;2*1H/t17-,18+,20-;;/m0../s1. The summed E-state index contributed by atoms with van der Waals surface area (Å²) >= 11 is 0. The van der Waals surface area contributed by atoms with Gasteiger partial charge in [0.05, 0.1) is 5.75 Å².